The van der Waals surface area contributed by atoms with E-state index in [0.717, 1.165) is 0 Å². The van der Waals surface area contributed by atoms with E-state index in [2.05, 4.69) is 6.58 Å². The molecule has 0 aromatic rings. The van der Waals surface area contributed by atoms with Crippen LogP contribution in [-0.2, 0) is 9.59 Å². The number of carbonyl (C=O) groups is 2. The van der Waals surface area contributed by atoms with Gasteiger partial charge in [-0.15, -0.1) is 0 Å². The van der Waals surface area contributed by atoms with Gasteiger partial charge >= 0.3 is 0 Å². The number of allylic oxidation sites excluding steroid dienone is 3. The molecule has 0 aromatic carbocycles. The molecule has 0 atom stereocenters. The summed E-state index contributed by atoms with van der Waals surface area (Å²) in [6.07, 6.45) is 2.97. The van der Waals surface area contributed by atoms with Gasteiger partial charge in [-0.3, -0.25) is 9.59 Å². The Morgan fingerprint density at radius 2 is 2.11 bits per heavy atom. The summed E-state index contributed by atoms with van der Waals surface area (Å²) in [6, 6.07) is 0. The summed E-state index contributed by atoms with van der Waals surface area (Å²) in [4.78, 5) is 20.3. The number of hydrogen-bond acceptors (Lipinski definition) is 2. The third kappa shape index (κ3) is 2.59. The van der Waals surface area contributed by atoms with Crippen molar-refractivity contribution in [2.24, 2.45) is 0 Å². The largest absolute Gasteiger partial charge is 0.299 e. The van der Waals surface area contributed by atoms with Gasteiger partial charge in [-0.25, -0.2) is 0 Å². The van der Waals surface area contributed by atoms with Crippen LogP contribution in [0.4, 0.5) is 0 Å². The fourth-order valence-electron chi connectivity index (χ4n) is 0.345. The van der Waals surface area contributed by atoms with Gasteiger partial charge in [0.25, 0.3) is 0 Å². The molecule has 2 heteroatoms. The third-order valence-electron chi connectivity index (χ3n) is 0.892. The zero-order valence-electron chi connectivity index (χ0n) is 5.26. The minimum atomic E-state index is -0.206. The Labute approximate surface area is 53.9 Å². The Balaban J connectivity index is 4.18. The van der Waals surface area contributed by atoms with Crippen molar-refractivity contribution in [3.8, 4) is 0 Å². The van der Waals surface area contributed by atoms with Crippen molar-refractivity contribution in [1.82, 2.24) is 0 Å². The highest BCUT2D eigenvalue weighted by molar-refractivity contribution is 6.04. The summed E-state index contributed by atoms with van der Waals surface area (Å²) in [5.74, 6) is -0.206. The molecule has 0 aliphatic heterocycles. The molecule has 0 unspecified atom stereocenters. The summed E-state index contributed by atoms with van der Waals surface area (Å²) < 4.78 is 0. The second-order valence-electron chi connectivity index (χ2n) is 1.55. The molecule has 0 amide bonds. The summed E-state index contributed by atoms with van der Waals surface area (Å²) in [7, 11) is 0. The van der Waals surface area contributed by atoms with Crippen LogP contribution >= 0.6 is 0 Å². The quantitative estimate of drug-likeness (QED) is 0.413. The first kappa shape index (κ1) is 7.82. The van der Waals surface area contributed by atoms with Gasteiger partial charge in [0.15, 0.2) is 5.78 Å². The first-order valence-electron chi connectivity index (χ1n) is 2.51. The lowest BCUT2D eigenvalue weighted by molar-refractivity contribution is -0.111. The molecule has 0 rings (SSSR count). The minimum absolute atomic E-state index is 0.206. The molecule has 0 radical (unpaired) electrons. The molecule has 0 aliphatic rings. The van der Waals surface area contributed by atoms with E-state index in [1.54, 1.807) is 6.92 Å². The van der Waals surface area contributed by atoms with E-state index in [-0.39, 0.29) is 5.78 Å². The highest BCUT2D eigenvalue weighted by Gasteiger charge is 1.94. The number of carbonyl (C=O) groups excluding carboxylic acids is 2. The van der Waals surface area contributed by atoms with Gasteiger partial charge in [-0.1, -0.05) is 6.58 Å². The molecule has 0 aliphatic carbocycles. The van der Waals surface area contributed by atoms with E-state index < -0.39 is 0 Å². The van der Waals surface area contributed by atoms with Gasteiger partial charge in [-0.2, -0.15) is 0 Å². The second-order valence-corrected chi connectivity index (χ2v) is 1.55. The predicted octanol–water partition coefficient (Wildman–Crippen LogP) is 0.887. The Morgan fingerprint density at radius 1 is 1.56 bits per heavy atom. The van der Waals surface area contributed by atoms with Gasteiger partial charge in [0.1, 0.15) is 6.29 Å². The molecule has 0 saturated carbocycles. The highest BCUT2D eigenvalue weighted by atomic mass is 16.1. The molecule has 0 saturated heterocycles. The molecule has 0 N–H and O–H groups in total. The van der Waals surface area contributed by atoms with Gasteiger partial charge in [0.2, 0.25) is 0 Å². The van der Waals surface area contributed by atoms with Gasteiger partial charge < -0.3 is 0 Å². The Hall–Kier alpha value is -1.18. The summed E-state index contributed by atoms with van der Waals surface area (Å²) in [6.45, 7) is 4.83. The van der Waals surface area contributed by atoms with Crippen LogP contribution in [0.3, 0.4) is 0 Å². The fraction of sp³-hybridized carbons (Fsp3) is 0.143. The van der Waals surface area contributed by atoms with E-state index in [9.17, 15) is 9.59 Å². The van der Waals surface area contributed by atoms with Crippen molar-refractivity contribution < 1.29 is 9.59 Å². The van der Waals surface area contributed by atoms with Crippen molar-refractivity contribution in [1.29, 1.82) is 0 Å². The second kappa shape index (κ2) is 3.78. The van der Waals surface area contributed by atoms with E-state index in [1.165, 1.54) is 12.2 Å². The summed E-state index contributed by atoms with van der Waals surface area (Å²) in [5.41, 5.74) is 0.417. The average Bonchev–Trinajstić information content (AvgIpc) is 1.87. The normalized spacial score (nSPS) is 10.6. The minimum Gasteiger partial charge on any atom is -0.299 e. The van der Waals surface area contributed by atoms with Crippen LogP contribution in [0.5, 0.6) is 0 Å². The highest BCUT2D eigenvalue weighted by Crippen LogP contribution is 1.92. The Kier molecular flexibility index (Phi) is 3.28. The van der Waals surface area contributed by atoms with E-state index in [4.69, 9.17) is 0 Å². The number of ketones is 1. The molecule has 2 nitrogen and oxygen atoms in total. The Bertz CT molecular complexity index is 166. The van der Waals surface area contributed by atoms with Crippen molar-refractivity contribution in [2.45, 2.75) is 6.92 Å². The predicted molar refractivity (Wildman–Crippen MR) is 35.0 cm³/mol. The zero-order valence-corrected chi connectivity index (χ0v) is 5.26. The monoisotopic (exact) mass is 124 g/mol. The van der Waals surface area contributed by atoms with Crippen LogP contribution in [0.1, 0.15) is 6.92 Å². The average molecular weight is 124 g/mol. The smallest absolute Gasteiger partial charge is 0.181 e. The van der Waals surface area contributed by atoms with Crippen LogP contribution in [0.15, 0.2) is 24.3 Å². The molecule has 0 aromatic heterocycles. The van der Waals surface area contributed by atoms with Crippen LogP contribution in [-0.4, -0.2) is 12.1 Å². The summed E-state index contributed by atoms with van der Waals surface area (Å²) >= 11 is 0. The maximum Gasteiger partial charge on any atom is 0.181 e. The van der Waals surface area contributed by atoms with Crippen molar-refractivity contribution in [3.05, 3.63) is 24.3 Å². The molecule has 0 bridgehead atoms. The van der Waals surface area contributed by atoms with Crippen molar-refractivity contribution in [2.75, 3.05) is 0 Å². The van der Waals surface area contributed by atoms with Crippen LogP contribution in [0.2, 0.25) is 0 Å². The van der Waals surface area contributed by atoms with Crippen LogP contribution in [0.25, 0.3) is 0 Å². The maximum absolute atomic E-state index is 10.6. The molecular weight excluding hydrogens is 116 g/mol. The fourth-order valence-corrected chi connectivity index (χ4v) is 0.345. The zero-order chi connectivity index (χ0) is 7.28. The lowest BCUT2D eigenvalue weighted by Gasteiger charge is -1.86. The van der Waals surface area contributed by atoms with E-state index >= 15 is 0 Å². The molecule has 48 valence electrons. The van der Waals surface area contributed by atoms with Gasteiger partial charge in [-0.05, 0) is 24.6 Å². The van der Waals surface area contributed by atoms with Crippen molar-refractivity contribution in [3.63, 3.8) is 0 Å². The van der Waals surface area contributed by atoms with Gasteiger partial charge in [0, 0.05) is 0 Å². The van der Waals surface area contributed by atoms with E-state index in [1.807, 2.05) is 0 Å². The van der Waals surface area contributed by atoms with Crippen LogP contribution < -0.4 is 0 Å². The molecule has 0 fully saturated rings. The lowest BCUT2D eigenvalue weighted by atomic mass is 10.2. The SMILES string of the molecule is C=CC(=O)C(C)=CC=O. The van der Waals surface area contributed by atoms with E-state index in [0.29, 0.717) is 11.9 Å². The van der Waals surface area contributed by atoms with Crippen LogP contribution in [0, 0.1) is 0 Å². The molecular formula is C7H8O2. The number of rotatable bonds is 3. The Morgan fingerprint density at radius 3 is 2.44 bits per heavy atom. The summed E-state index contributed by atoms with van der Waals surface area (Å²) in [5, 5.41) is 0. The third-order valence-corrected chi connectivity index (χ3v) is 0.892. The lowest BCUT2D eigenvalue weighted by Crippen LogP contribution is -1.92. The standard InChI is InChI=1S/C7H8O2/c1-3-7(9)6(2)4-5-8/h3-5H,1H2,2H3. The maximum atomic E-state index is 10.6. The molecule has 0 spiro atoms. The number of hydrogen-bond donors (Lipinski definition) is 0. The first-order chi connectivity index (χ1) is 4.22. The molecule has 9 heavy (non-hydrogen) atoms. The molecule has 0 heterocycles. The first-order valence-corrected chi connectivity index (χ1v) is 2.51. The van der Waals surface area contributed by atoms with Gasteiger partial charge in [0.05, 0.1) is 0 Å². The number of aldehydes is 1. The topological polar surface area (TPSA) is 34.1 Å². The van der Waals surface area contributed by atoms with Crippen molar-refractivity contribution >= 4 is 12.1 Å².